The Morgan fingerprint density at radius 3 is 1.81 bits per heavy atom. The summed E-state index contributed by atoms with van der Waals surface area (Å²) in [4.78, 5) is 0. The average Bonchev–Trinajstić information content (AvgIpc) is 2.67. The van der Waals surface area contributed by atoms with E-state index < -0.39 is 0 Å². The molecule has 0 atom stereocenters. The lowest BCUT2D eigenvalue weighted by molar-refractivity contribution is 0.255. The standard InChI is InChI=1S/C23H23NO2/c1-17-6-10-19(11-7-17)15-25-22-5-3-4-21(14-24)23(22)26-16-20-12-8-18(2)9-13-20/h3-14,24H,15-16H2,1-2H3. The van der Waals surface area contributed by atoms with E-state index in [-0.39, 0.29) is 0 Å². The fraction of sp³-hybridized carbons (Fsp3) is 0.174. The molecule has 3 nitrogen and oxygen atoms in total. The van der Waals surface area contributed by atoms with E-state index >= 15 is 0 Å². The lowest BCUT2D eigenvalue weighted by Gasteiger charge is -2.15. The molecular weight excluding hydrogens is 322 g/mol. The van der Waals surface area contributed by atoms with Gasteiger partial charge in [-0.25, -0.2) is 0 Å². The topological polar surface area (TPSA) is 42.3 Å². The van der Waals surface area contributed by atoms with Gasteiger partial charge in [0, 0.05) is 11.8 Å². The highest BCUT2D eigenvalue weighted by molar-refractivity contribution is 5.82. The second kappa shape index (κ2) is 8.34. The average molecular weight is 345 g/mol. The number of benzene rings is 3. The van der Waals surface area contributed by atoms with E-state index in [4.69, 9.17) is 14.9 Å². The van der Waals surface area contributed by atoms with E-state index in [2.05, 4.69) is 62.4 Å². The molecule has 0 unspecified atom stereocenters. The van der Waals surface area contributed by atoms with Crippen molar-refractivity contribution in [3.8, 4) is 11.5 Å². The highest BCUT2D eigenvalue weighted by atomic mass is 16.5. The molecular formula is C23H23NO2. The van der Waals surface area contributed by atoms with E-state index in [1.807, 2.05) is 18.2 Å². The summed E-state index contributed by atoms with van der Waals surface area (Å²) in [6.45, 7) is 5.02. The molecule has 0 saturated heterocycles. The highest BCUT2D eigenvalue weighted by Gasteiger charge is 2.11. The van der Waals surface area contributed by atoms with Gasteiger partial charge in [-0.05, 0) is 37.1 Å². The maximum atomic E-state index is 7.65. The predicted molar refractivity (Wildman–Crippen MR) is 105 cm³/mol. The van der Waals surface area contributed by atoms with Crippen LogP contribution in [0.5, 0.6) is 11.5 Å². The van der Waals surface area contributed by atoms with Gasteiger partial charge in [0.15, 0.2) is 11.5 Å². The van der Waals surface area contributed by atoms with Crippen molar-refractivity contribution in [1.29, 1.82) is 5.41 Å². The van der Waals surface area contributed by atoms with Crippen LogP contribution in [0.1, 0.15) is 27.8 Å². The summed E-state index contributed by atoms with van der Waals surface area (Å²) in [6.07, 6.45) is 1.29. The van der Waals surface area contributed by atoms with Gasteiger partial charge in [0.2, 0.25) is 0 Å². The van der Waals surface area contributed by atoms with Gasteiger partial charge in [-0.2, -0.15) is 0 Å². The zero-order chi connectivity index (χ0) is 18.4. The van der Waals surface area contributed by atoms with Gasteiger partial charge in [-0.15, -0.1) is 0 Å². The molecule has 3 heteroatoms. The molecule has 1 N–H and O–H groups in total. The number of hydrogen-bond donors (Lipinski definition) is 1. The van der Waals surface area contributed by atoms with E-state index in [1.54, 1.807) is 0 Å². The van der Waals surface area contributed by atoms with Crippen LogP contribution in [-0.4, -0.2) is 6.21 Å². The summed E-state index contributed by atoms with van der Waals surface area (Å²) in [5.41, 5.74) is 5.33. The fourth-order valence-electron chi connectivity index (χ4n) is 2.60. The van der Waals surface area contributed by atoms with Crippen LogP contribution >= 0.6 is 0 Å². The summed E-state index contributed by atoms with van der Waals surface area (Å²) in [5.74, 6) is 1.26. The van der Waals surface area contributed by atoms with Crippen molar-refractivity contribution in [2.75, 3.05) is 0 Å². The summed E-state index contributed by atoms with van der Waals surface area (Å²) in [7, 11) is 0. The van der Waals surface area contributed by atoms with E-state index in [9.17, 15) is 0 Å². The second-order valence-electron chi connectivity index (χ2n) is 6.37. The zero-order valence-corrected chi connectivity index (χ0v) is 15.2. The summed E-state index contributed by atoms with van der Waals surface area (Å²) in [5, 5.41) is 7.65. The number of hydrogen-bond acceptors (Lipinski definition) is 3. The molecule has 0 bridgehead atoms. The van der Waals surface area contributed by atoms with Crippen molar-refractivity contribution in [1.82, 2.24) is 0 Å². The van der Waals surface area contributed by atoms with Gasteiger partial charge in [-0.3, -0.25) is 0 Å². The molecule has 132 valence electrons. The zero-order valence-electron chi connectivity index (χ0n) is 15.2. The van der Waals surface area contributed by atoms with Crippen LogP contribution in [0.15, 0.2) is 66.7 Å². The van der Waals surface area contributed by atoms with Gasteiger partial charge in [0.05, 0.1) is 0 Å². The van der Waals surface area contributed by atoms with Crippen LogP contribution in [0.2, 0.25) is 0 Å². The molecule has 26 heavy (non-hydrogen) atoms. The Bertz CT molecular complexity index is 868. The van der Waals surface area contributed by atoms with Crippen molar-refractivity contribution in [3.05, 3.63) is 94.5 Å². The maximum absolute atomic E-state index is 7.65. The number of nitrogens with one attached hydrogen (secondary N) is 1. The maximum Gasteiger partial charge on any atom is 0.170 e. The number of rotatable bonds is 7. The largest absolute Gasteiger partial charge is 0.485 e. The van der Waals surface area contributed by atoms with E-state index in [1.165, 1.54) is 17.3 Å². The van der Waals surface area contributed by atoms with Crippen LogP contribution in [0.4, 0.5) is 0 Å². The molecule has 0 aliphatic carbocycles. The Morgan fingerprint density at radius 1 is 0.731 bits per heavy atom. The van der Waals surface area contributed by atoms with Crippen LogP contribution in [0, 0.1) is 19.3 Å². The van der Waals surface area contributed by atoms with Gasteiger partial charge in [0.25, 0.3) is 0 Å². The Labute approximate surface area is 154 Å². The second-order valence-corrected chi connectivity index (χ2v) is 6.37. The minimum Gasteiger partial charge on any atom is -0.485 e. The quantitative estimate of drug-likeness (QED) is 0.578. The smallest absolute Gasteiger partial charge is 0.170 e. The molecule has 3 aromatic rings. The van der Waals surface area contributed by atoms with Crippen LogP contribution < -0.4 is 9.47 Å². The summed E-state index contributed by atoms with van der Waals surface area (Å²) < 4.78 is 12.0. The molecule has 0 amide bonds. The SMILES string of the molecule is Cc1ccc(COc2cccc(C=N)c2OCc2ccc(C)cc2)cc1. The molecule has 0 saturated carbocycles. The lowest BCUT2D eigenvalue weighted by Crippen LogP contribution is -2.03. The first-order chi connectivity index (χ1) is 12.7. The third-order valence-electron chi connectivity index (χ3n) is 4.18. The van der Waals surface area contributed by atoms with Crippen LogP contribution in [0.3, 0.4) is 0 Å². The first-order valence-electron chi connectivity index (χ1n) is 8.66. The van der Waals surface area contributed by atoms with Crippen molar-refractivity contribution >= 4 is 6.21 Å². The summed E-state index contributed by atoms with van der Waals surface area (Å²) >= 11 is 0. The van der Waals surface area contributed by atoms with Gasteiger partial charge in [-0.1, -0.05) is 65.7 Å². The van der Waals surface area contributed by atoms with E-state index in [0.29, 0.717) is 30.3 Å². The molecule has 0 aromatic heterocycles. The predicted octanol–water partition coefficient (Wildman–Crippen LogP) is 5.46. The normalized spacial score (nSPS) is 10.4. The minimum atomic E-state index is 0.437. The first-order valence-corrected chi connectivity index (χ1v) is 8.66. The van der Waals surface area contributed by atoms with Gasteiger partial charge in [0.1, 0.15) is 13.2 Å². The fourth-order valence-corrected chi connectivity index (χ4v) is 2.60. The molecule has 0 aliphatic rings. The number of aryl methyl sites for hydroxylation is 2. The molecule has 0 fully saturated rings. The van der Waals surface area contributed by atoms with Crippen LogP contribution in [-0.2, 0) is 13.2 Å². The summed E-state index contributed by atoms with van der Waals surface area (Å²) in [6, 6.07) is 22.1. The van der Waals surface area contributed by atoms with Crippen molar-refractivity contribution < 1.29 is 9.47 Å². The Balaban J connectivity index is 1.75. The molecule has 0 spiro atoms. The van der Waals surface area contributed by atoms with Crippen molar-refractivity contribution in [3.63, 3.8) is 0 Å². The molecule has 0 radical (unpaired) electrons. The Kier molecular flexibility index (Phi) is 5.69. The van der Waals surface area contributed by atoms with Crippen LogP contribution in [0.25, 0.3) is 0 Å². The highest BCUT2D eigenvalue weighted by Crippen LogP contribution is 2.32. The molecule has 0 aliphatic heterocycles. The molecule has 3 aromatic carbocycles. The Morgan fingerprint density at radius 2 is 1.27 bits per heavy atom. The van der Waals surface area contributed by atoms with Crippen molar-refractivity contribution in [2.24, 2.45) is 0 Å². The van der Waals surface area contributed by atoms with Gasteiger partial charge < -0.3 is 14.9 Å². The van der Waals surface area contributed by atoms with E-state index in [0.717, 1.165) is 11.1 Å². The molecule has 3 rings (SSSR count). The lowest BCUT2D eigenvalue weighted by atomic mass is 10.1. The number of ether oxygens (including phenoxy) is 2. The monoisotopic (exact) mass is 345 g/mol. The third kappa shape index (κ3) is 4.51. The third-order valence-corrected chi connectivity index (χ3v) is 4.18. The first kappa shape index (κ1) is 17.7. The minimum absolute atomic E-state index is 0.437. The number of para-hydroxylation sites is 1. The van der Waals surface area contributed by atoms with Gasteiger partial charge >= 0.3 is 0 Å². The molecule has 0 heterocycles. The Hall–Kier alpha value is -3.07. The van der Waals surface area contributed by atoms with Crippen molar-refractivity contribution in [2.45, 2.75) is 27.1 Å².